The molecule has 0 aromatic carbocycles. The van der Waals surface area contributed by atoms with Crippen LogP contribution in [0.15, 0.2) is 18.5 Å². The van der Waals surface area contributed by atoms with Gasteiger partial charge in [-0.25, -0.2) is 9.50 Å². The number of aromatic nitrogens is 3. The van der Waals surface area contributed by atoms with Crippen molar-refractivity contribution >= 4 is 34.5 Å². The predicted molar refractivity (Wildman–Crippen MR) is 56.1 cm³/mol. The molecule has 2 aromatic rings. The van der Waals surface area contributed by atoms with Gasteiger partial charge < -0.3 is 0 Å². The average molecular weight is 287 g/mol. The van der Waals surface area contributed by atoms with Crippen molar-refractivity contribution in [1.82, 2.24) is 14.6 Å². The molecule has 0 aliphatic carbocycles. The number of hydrogen-bond acceptors (Lipinski definition) is 3. The van der Waals surface area contributed by atoms with Gasteiger partial charge in [-0.05, 0) is 6.07 Å². The maximum Gasteiger partial charge on any atom is 0.165 e. The zero-order valence-electron chi connectivity index (χ0n) is 6.64. The highest BCUT2D eigenvalue weighted by atomic mass is 127. The highest BCUT2D eigenvalue weighted by Crippen LogP contribution is 2.08. The number of hydrogen-bond donors (Lipinski definition) is 0. The van der Waals surface area contributed by atoms with Gasteiger partial charge in [-0.2, -0.15) is 5.10 Å². The number of carbonyl (C=O) groups excluding carboxylic acids is 1. The van der Waals surface area contributed by atoms with E-state index in [1.54, 1.807) is 4.52 Å². The van der Waals surface area contributed by atoms with Gasteiger partial charge in [0.25, 0.3) is 0 Å². The number of carbonyl (C=O) groups is 1. The molecular formula is C8H6IN3O. The molecular weight excluding hydrogens is 281 g/mol. The van der Waals surface area contributed by atoms with Crippen LogP contribution in [-0.2, 0) is 4.43 Å². The Morgan fingerprint density at radius 2 is 2.46 bits per heavy atom. The van der Waals surface area contributed by atoms with Gasteiger partial charge in [-0.15, -0.1) is 0 Å². The molecule has 13 heavy (non-hydrogen) atoms. The zero-order chi connectivity index (χ0) is 9.26. The molecule has 0 spiro atoms. The van der Waals surface area contributed by atoms with E-state index in [4.69, 9.17) is 0 Å². The van der Waals surface area contributed by atoms with Gasteiger partial charge in [0.15, 0.2) is 11.9 Å². The first-order chi connectivity index (χ1) is 6.35. The van der Waals surface area contributed by atoms with Gasteiger partial charge in [0, 0.05) is 10.6 Å². The highest BCUT2D eigenvalue weighted by Gasteiger charge is 2.04. The molecule has 4 nitrogen and oxygen atoms in total. The Balaban J connectivity index is 2.71. The maximum atomic E-state index is 10.6. The van der Waals surface area contributed by atoms with E-state index in [9.17, 15) is 4.79 Å². The molecule has 2 heterocycles. The molecule has 66 valence electrons. The summed E-state index contributed by atoms with van der Waals surface area (Å²) >= 11 is 2.23. The number of rotatable bonds is 2. The molecule has 0 radical (unpaired) electrons. The molecule has 0 saturated heterocycles. The summed E-state index contributed by atoms with van der Waals surface area (Å²) in [7, 11) is 0. The van der Waals surface area contributed by atoms with Crippen LogP contribution in [0.4, 0.5) is 0 Å². The predicted octanol–water partition coefficient (Wildman–Crippen LogP) is 1.48. The number of aldehydes is 1. The largest absolute Gasteiger partial charge is 0.298 e. The molecule has 0 saturated carbocycles. The lowest BCUT2D eigenvalue weighted by atomic mass is 10.3. The molecule has 0 N–H and O–H groups in total. The summed E-state index contributed by atoms with van der Waals surface area (Å²) in [6.07, 6.45) is 4.10. The third-order valence-electron chi connectivity index (χ3n) is 1.72. The third-order valence-corrected chi connectivity index (χ3v) is 2.50. The molecule has 0 unspecified atom stereocenters. The van der Waals surface area contributed by atoms with E-state index in [0.717, 1.165) is 16.4 Å². The summed E-state index contributed by atoms with van der Waals surface area (Å²) in [6.45, 7) is 0. The monoisotopic (exact) mass is 287 g/mol. The second-order valence-corrected chi connectivity index (χ2v) is 3.30. The van der Waals surface area contributed by atoms with Gasteiger partial charge in [0.1, 0.15) is 0 Å². The normalized spacial score (nSPS) is 10.5. The molecule has 0 aliphatic heterocycles. The lowest BCUT2D eigenvalue weighted by molar-refractivity contribution is 0.112. The minimum Gasteiger partial charge on any atom is -0.298 e. The summed E-state index contributed by atoms with van der Waals surface area (Å²) in [5, 5.41) is 3.99. The zero-order valence-corrected chi connectivity index (χ0v) is 8.80. The Morgan fingerprint density at radius 3 is 3.15 bits per heavy atom. The van der Waals surface area contributed by atoms with E-state index in [0.29, 0.717) is 11.2 Å². The van der Waals surface area contributed by atoms with Crippen molar-refractivity contribution in [1.29, 1.82) is 0 Å². The summed E-state index contributed by atoms with van der Waals surface area (Å²) in [5.41, 5.74) is 2.12. The molecule has 0 atom stereocenters. The van der Waals surface area contributed by atoms with Gasteiger partial charge in [-0.1, -0.05) is 22.6 Å². The molecule has 0 bridgehead atoms. The number of halogens is 1. The van der Waals surface area contributed by atoms with E-state index < -0.39 is 0 Å². The number of alkyl halides is 1. The molecule has 0 amide bonds. The van der Waals surface area contributed by atoms with Crippen molar-refractivity contribution in [2.24, 2.45) is 0 Å². The van der Waals surface area contributed by atoms with Crippen LogP contribution in [-0.4, -0.2) is 20.9 Å². The first-order valence-electron chi connectivity index (χ1n) is 3.69. The smallest absolute Gasteiger partial charge is 0.165 e. The van der Waals surface area contributed by atoms with Gasteiger partial charge in [0.05, 0.1) is 17.5 Å². The van der Waals surface area contributed by atoms with E-state index in [2.05, 4.69) is 32.7 Å². The van der Waals surface area contributed by atoms with Crippen LogP contribution in [0.25, 0.3) is 5.65 Å². The van der Waals surface area contributed by atoms with E-state index in [1.165, 1.54) is 6.20 Å². The highest BCUT2D eigenvalue weighted by molar-refractivity contribution is 14.1. The van der Waals surface area contributed by atoms with Crippen LogP contribution in [0.3, 0.4) is 0 Å². The Labute approximate surface area is 88.1 Å². The van der Waals surface area contributed by atoms with Crippen LogP contribution in [0, 0.1) is 0 Å². The fourth-order valence-electron chi connectivity index (χ4n) is 1.08. The lowest BCUT2D eigenvalue weighted by Gasteiger charge is -1.95. The second kappa shape index (κ2) is 3.41. The van der Waals surface area contributed by atoms with E-state index in [1.807, 2.05) is 12.3 Å². The Morgan fingerprint density at radius 1 is 1.62 bits per heavy atom. The van der Waals surface area contributed by atoms with E-state index in [-0.39, 0.29) is 0 Å². The molecule has 0 fully saturated rings. The standard InChI is InChI=1S/C8H6IN3O/c9-3-7-1-2-12-8(11-7)6(5-13)4-10-12/h1-2,4-5H,3H2. The number of fused-ring (bicyclic) bond motifs is 1. The van der Waals surface area contributed by atoms with Crippen molar-refractivity contribution < 1.29 is 4.79 Å². The summed E-state index contributed by atoms with van der Waals surface area (Å²) in [6, 6.07) is 1.89. The van der Waals surface area contributed by atoms with Crippen LogP contribution in [0.1, 0.15) is 16.1 Å². The van der Waals surface area contributed by atoms with Crippen molar-refractivity contribution in [3.05, 3.63) is 29.7 Å². The van der Waals surface area contributed by atoms with Crippen LogP contribution < -0.4 is 0 Å². The first kappa shape index (κ1) is 8.61. The van der Waals surface area contributed by atoms with Crippen molar-refractivity contribution in [2.45, 2.75) is 4.43 Å². The molecule has 2 rings (SSSR count). The SMILES string of the molecule is O=Cc1cnn2ccc(CI)nc12. The maximum absolute atomic E-state index is 10.6. The second-order valence-electron chi connectivity index (χ2n) is 2.54. The minimum absolute atomic E-state index is 0.534. The fraction of sp³-hybridized carbons (Fsp3) is 0.125. The molecule has 0 aliphatic rings. The number of nitrogens with zero attached hydrogens (tertiary/aromatic N) is 3. The molecule has 2 aromatic heterocycles. The lowest BCUT2D eigenvalue weighted by Crippen LogP contribution is -1.93. The fourth-order valence-corrected chi connectivity index (χ4v) is 1.51. The first-order valence-corrected chi connectivity index (χ1v) is 5.22. The summed E-state index contributed by atoms with van der Waals surface area (Å²) in [5.74, 6) is 0. The van der Waals surface area contributed by atoms with Gasteiger partial charge in [-0.3, -0.25) is 4.79 Å². The van der Waals surface area contributed by atoms with Crippen LogP contribution >= 0.6 is 22.6 Å². The summed E-state index contributed by atoms with van der Waals surface area (Å²) in [4.78, 5) is 14.9. The van der Waals surface area contributed by atoms with Crippen LogP contribution in [0.2, 0.25) is 0 Å². The Bertz CT molecular complexity index is 452. The quantitative estimate of drug-likeness (QED) is 0.477. The Kier molecular flexibility index (Phi) is 2.26. The van der Waals surface area contributed by atoms with E-state index >= 15 is 0 Å². The third kappa shape index (κ3) is 1.43. The van der Waals surface area contributed by atoms with Crippen molar-refractivity contribution in [3.63, 3.8) is 0 Å². The minimum atomic E-state index is 0.534. The molecule has 5 heteroatoms. The van der Waals surface area contributed by atoms with Gasteiger partial charge >= 0.3 is 0 Å². The summed E-state index contributed by atoms with van der Waals surface area (Å²) < 4.78 is 2.43. The van der Waals surface area contributed by atoms with Gasteiger partial charge in [0.2, 0.25) is 0 Å². The van der Waals surface area contributed by atoms with Crippen LogP contribution in [0.5, 0.6) is 0 Å². The van der Waals surface area contributed by atoms with Crippen molar-refractivity contribution in [3.8, 4) is 0 Å². The average Bonchev–Trinajstić information content (AvgIpc) is 2.59. The Hall–Kier alpha value is -0.980. The van der Waals surface area contributed by atoms with Crippen molar-refractivity contribution in [2.75, 3.05) is 0 Å². The topological polar surface area (TPSA) is 47.3 Å².